The fourth-order valence-corrected chi connectivity index (χ4v) is 0.446. The first kappa shape index (κ1) is 7.74. The summed E-state index contributed by atoms with van der Waals surface area (Å²) in [6, 6.07) is 0. The average Bonchev–Trinajstić information content (AvgIpc) is 1.21. The largest absolute Gasteiger partial charge is 0.444 e. The van der Waals surface area contributed by atoms with Gasteiger partial charge in [0.1, 0.15) is 0 Å². The van der Waals surface area contributed by atoms with Crippen molar-refractivity contribution in [2.75, 3.05) is 5.75 Å². The molecule has 0 rings (SSSR count). The maximum atomic E-state index is 11.0. The van der Waals surface area contributed by atoms with Crippen LogP contribution in [0.2, 0.25) is 0 Å². The molecule has 0 aliphatic heterocycles. The van der Waals surface area contributed by atoms with E-state index >= 15 is 0 Å². The van der Waals surface area contributed by atoms with Crippen LogP contribution >= 0.6 is 0 Å². The van der Waals surface area contributed by atoms with Crippen molar-refractivity contribution in [2.45, 2.75) is 6.18 Å². The van der Waals surface area contributed by atoms with E-state index in [1.165, 1.54) is 0 Å². The summed E-state index contributed by atoms with van der Waals surface area (Å²) in [6.45, 7) is 0. The zero-order chi connectivity index (χ0) is 6.78. The van der Waals surface area contributed by atoms with E-state index in [0.717, 1.165) is 0 Å². The molecular formula is C2H3F3NOS-. The zero-order valence-corrected chi connectivity index (χ0v) is 4.47. The van der Waals surface area contributed by atoms with E-state index < -0.39 is 22.5 Å². The molecular weight excluding hydrogens is 143 g/mol. The minimum Gasteiger partial charge on any atom is -0.444 e. The number of halogens is 3. The summed E-state index contributed by atoms with van der Waals surface area (Å²) in [5, 5.41) is 0. The molecule has 0 unspecified atom stereocenters. The molecule has 0 aliphatic carbocycles. The predicted octanol–water partition coefficient (Wildman–Crippen LogP) is 1.27. The minimum atomic E-state index is -4.47. The number of hydrogen-bond acceptors (Lipinski definition) is 3. The quantitative estimate of drug-likeness (QED) is 0.556. The van der Waals surface area contributed by atoms with E-state index in [1.54, 1.807) is 0 Å². The third kappa shape index (κ3) is 5.74. The van der Waals surface area contributed by atoms with Crippen molar-refractivity contribution in [1.29, 1.82) is 4.78 Å². The monoisotopic (exact) mass is 146 g/mol. The lowest BCUT2D eigenvalue weighted by Gasteiger charge is -2.04. The van der Waals surface area contributed by atoms with E-state index in [-0.39, 0.29) is 0 Å². The second kappa shape index (κ2) is 2.34. The summed E-state index contributed by atoms with van der Waals surface area (Å²) in [5.74, 6) is -1.53. The van der Waals surface area contributed by atoms with Gasteiger partial charge < -0.3 is 8.99 Å². The Kier molecular flexibility index (Phi) is 2.26. The predicted molar refractivity (Wildman–Crippen MR) is 21.7 cm³/mol. The van der Waals surface area contributed by atoms with Gasteiger partial charge in [0.15, 0.2) is 0 Å². The minimum absolute atomic E-state index is 1.53. The van der Waals surface area contributed by atoms with Gasteiger partial charge in [-0.2, -0.15) is 23.8 Å². The fourth-order valence-electron chi connectivity index (χ4n) is 0.149. The Morgan fingerprint density at radius 1 is 1.50 bits per heavy atom. The Bertz CT molecular complexity index is 129. The van der Waals surface area contributed by atoms with Gasteiger partial charge in [0, 0.05) is 5.75 Å². The lowest BCUT2D eigenvalue weighted by molar-refractivity contribution is -0.105. The standard InChI is InChI=1S/C2H3F3NOS/c3-2(4,5)1-8(6)7/h6H,1H2/q-1. The van der Waals surface area contributed by atoms with Crippen LogP contribution in [0, 0.1) is 4.78 Å². The van der Waals surface area contributed by atoms with E-state index in [4.69, 9.17) is 4.78 Å². The Morgan fingerprint density at radius 3 is 1.88 bits per heavy atom. The van der Waals surface area contributed by atoms with Gasteiger partial charge in [-0.3, -0.25) is 0 Å². The van der Waals surface area contributed by atoms with Crippen molar-refractivity contribution in [3.8, 4) is 0 Å². The average molecular weight is 146 g/mol. The molecule has 0 fully saturated rings. The van der Waals surface area contributed by atoms with Crippen LogP contribution in [0.3, 0.4) is 0 Å². The normalized spacial score (nSPS) is 12.5. The van der Waals surface area contributed by atoms with Crippen molar-refractivity contribution in [3.63, 3.8) is 0 Å². The van der Waals surface area contributed by atoms with Crippen LogP contribution in [0.15, 0.2) is 0 Å². The van der Waals surface area contributed by atoms with Crippen molar-refractivity contribution in [2.24, 2.45) is 0 Å². The summed E-state index contributed by atoms with van der Waals surface area (Å²) < 4.78 is 48.5. The molecule has 0 aromatic heterocycles. The highest BCUT2D eigenvalue weighted by atomic mass is 32.2. The summed E-state index contributed by atoms with van der Waals surface area (Å²) >= 11 is 0. The SMILES string of the molecule is N=[S-](=O)CC(F)(F)F. The molecule has 1 N–H and O–H groups in total. The molecule has 0 saturated carbocycles. The molecule has 0 radical (unpaired) electrons. The third-order valence-electron chi connectivity index (χ3n) is 0.295. The van der Waals surface area contributed by atoms with Gasteiger partial charge in [0.05, 0.1) is 0 Å². The summed E-state index contributed by atoms with van der Waals surface area (Å²) in [5.41, 5.74) is 0. The van der Waals surface area contributed by atoms with Gasteiger partial charge in [0.25, 0.3) is 0 Å². The molecule has 0 aromatic carbocycles. The first-order chi connectivity index (χ1) is 3.42. The van der Waals surface area contributed by atoms with Gasteiger partial charge in [-0.1, -0.05) is 0 Å². The molecule has 0 heterocycles. The molecule has 6 heteroatoms. The van der Waals surface area contributed by atoms with Gasteiger partial charge in [-0.25, -0.2) is 0 Å². The Hall–Kier alpha value is -0.260. The highest BCUT2D eigenvalue weighted by molar-refractivity contribution is 7.73. The number of hydrogen-bond donors (Lipinski definition) is 1. The van der Waals surface area contributed by atoms with E-state index in [2.05, 4.69) is 0 Å². The third-order valence-corrected chi connectivity index (χ3v) is 0.884. The fraction of sp³-hybridized carbons (Fsp3) is 1.00. The first-order valence-electron chi connectivity index (χ1n) is 1.58. The smallest absolute Gasteiger partial charge is 0.374 e. The Morgan fingerprint density at radius 2 is 1.88 bits per heavy atom. The molecule has 8 heavy (non-hydrogen) atoms. The van der Waals surface area contributed by atoms with Crippen molar-refractivity contribution < 1.29 is 17.4 Å². The topological polar surface area (TPSA) is 40.9 Å². The maximum Gasteiger partial charge on any atom is 0.374 e. The number of rotatable bonds is 1. The van der Waals surface area contributed by atoms with Gasteiger partial charge >= 0.3 is 6.18 Å². The number of alkyl halides is 3. The van der Waals surface area contributed by atoms with E-state index in [9.17, 15) is 17.4 Å². The molecule has 50 valence electrons. The molecule has 2 nitrogen and oxygen atoms in total. The summed E-state index contributed by atoms with van der Waals surface area (Å²) in [4.78, 5) is 0. The van der Waals surface area contributed by atoms with Gasteiger partial charge in [0.2, 0.25) is 0 Å². The summed E-state index contributed by atoms with van der Waals surface area (Å²) in [6.07, 6.45) is -4.47. The van der Waals surface area contributed by atoms with Crippen LogP contribution < -0.4 is 0 Å². The molecule has 0 aliphatic rings. The van der Waals surface area contributed by atoms with Crippen LogP contribution in [0.1, 0.15) is 0 Å². The first-order valence-corrected chi connectivity index (χ1v) is 2.90. The van der Waals surface area contributed by atoms with Crippen LogP contribution in [0.5, 0.6) is 0 Å². The lowest BCUT2D eigenvalue weighted by atomic mass is 10.8. The van der Waals surface area contributed by atoms with Crippen molar-refractivity contribution in [3.05, 3.63) is 0 Å². The molecule has 0 aromatic rings. The molecule has 0 atom stereocenters. The molecule has 0 amide bonds. The molecule has 0 saturated heterocycles. The highest BCUT2D eigenvalue weighted by Crippen LogP contribution is 2.13. The second-order valence-corrected chi connectivity index (χ2v) is 2.08. The highest BCUT2D eigenvalue weighted by Gasteiger charge is 2.22. The van der Waals surface area contributed by atoms with Gasteiger partial charge in [-0.15, -0.1) is 0 Å². The van der Waals surface area contributed by atoms with Crippen molar-refractivity contribution in [1.82, 2.24) is 0 Å². The molecule has 0 spiro atoms. The Labute approximate surface area is 45.7 Å². The van der Waals surface area contributed by atoms with Gasteiger partial charge in [-0.05, 0) is 0 Å². The summed E-state index contributed by atoms with van der Waals surface area (Å²) in [7, 11) is -2.51. The van der Waals surface area contributed by atoms with Crippen LogP contribution in [-0.4, -0.2) is 11.9 Å². The maximum absolute atomic E-state index is 11.0. The second-order valence-electron chi connectivity index (χ2n) is 1.11. The number of nitrogens with one attached hydrogen (secondary N) is 1. The lowest BCUT2D eigenvalue weighted by Crippen LogP contribution is -2.13. The van der Waals surface area contributed by atoms with Crippen LogP contribution in [-0.2, 0) is 14.8 Å². The molecule has 0 bridgehead atoms. The van der Waals surface area contributed by atoms with Crippen LogP contribution in [0.4, 0.5) is 13.2 Å². The zero-order valence-electron chi connectivity index (χ0n) is 3.66. The van der Waals surface area contributed by atoms with E-state index in [0.29, 0.717) is 0 Å². The van der Waals surface area contributed by atoms with E-state index in [1.807, 2.05) is 0 Å². The Balaban J connectivity index is 3.73. The van der Waals surface area contributed by atoms with Crippen molar-refractivity contribution >= 4 is 10.6 Å². The van der Waals surface area contributed by atoms with Crippen LogP contribution in [0.25, 0.3) is 0 Å².